The highest BCUT2D eigenvalue weighted by atomic mass is 19.4. The predicted molar refractivity (Wildman–Crippen MR) is 118 cm³/mol. The van der Waals surface area contributed by atoms with Crippen molar-refractivity contribution in [1.29, 1.82) is 0 Å². The minimum atomic E-state index is -4.51. The summed E-state index contributed by atoms with van der Waals surface area (Å²) < 4.78 is 50.6. The second kappa shape index (κ2) is 9.53. The summed E-state index contributed by atoms with van der Waals surface area (Å²) in [5.41, 5.74) is 6.63. The third-order valence-electron chi connectivity index (χ3n) is 5.75. The van der Waals surface area contributed by atoms with Crippen molar-refractivity contribution in [3.63, 3.8) is 0 Å². The Hall–Kier alpha value is -3.28. The van der Waals surface area contributed by atoms with E-state index in [9.17, 15) is 18.0 Å². The van der Waals surface area contributed by atoms with Crippen LogP contribution in [0.1, 0.15) is 42.3 Å². The van der Waals surface area contributed by atoms with Crippen molar-refractivity contribution in [3.8, 4) is 6.01 Å². The molecule has 1 saturated heterocycles. The molecule has 34 heavy (non-hydrogen) atoms. The summed E-state index contributed by atoms with van der Waals surface area (Å²) in [6.45, 7) is 6.43. The van der Waals surface area contributed by atoms with E-state index in [4.69, 9.17) is 15.2 Å². The highest BCUT2D eigenvalue weighted by Gasteiger charge is 2.33. The van der Waals surface area contributed by atoms with Gasteiger partial charge in [-0.15, -0.1) is 0 Å². The van der Waals surface area contributed by atoms with E-state index < -0.39 is 17.8 Å². The number of hydrogen-bond donors (Lipinski definition) is 2. The molecule has 0 saturated carbocycles. The Bertz CT molecular complexity index is 1060. The first-order chi connectivity index (χ1) is 16.2. The molecule has 3 N–H and O–H groups in total. The molecule has 4 rings (SSSR count). The van der Waals surface area contributed by atoms with Gasteiger partial charge in [0, 0.05) is 24.3 Å². The molecule has 184 valence electrons. The van der Waals surface area contributed by atoms with Gasteiger partial charge >= 0.3 is 18.2 Å². The molecule has 0 unspecified atom stereocenters. The lowest BCUT2D eigenvalue weighted by atomic mass is 10.0. The van der Waals surface area contributed by atoms with Crippen molar-refractivity contribution in [1.82, 2.24) is 19.8 Å². The minimum absolute atomic E-state index is 0.0173. The van der Waals surface area contributed by atoms with Gasteiger partial charge in [0.2, 0.25) is 0 Å². The molecule has 3 heterocycles. The number of fused-ring (bicyclic) bond motifs is 1. The van der Waals surface area contributed by atoms with Gasteiger partial charge in [-0.25, -0.2) is 4.79 Å². The number of benzene rings is 1. The van der Waals surface area contributed by atoms with Gasteiger partial charge in [-0.3, -0.25) is 0 Å². The number of alkyl halides is 3. The first-order valence-electron chi connectivity index (χ1n) is 11.0. The second-order valence-electron chi connectivity index (χ2n) is 8.20. The summed E-state index contributed by atoms with van der Waals surface area (Å²) in [6.07, 6.45) is -4.51. The highest BCUT2D eigenvalue weighted by Crippen LogP contribution is 2.35. The number of nitrogens with one attached hydrogen (secondary N) is 1. The number of morpholine rings is 1. The molecule has 0 aliphatic carbocycles. The predicted octanol–water partition coefficient (Wildman–Crippen LogP) is 3.42. The van der Waals surface area contributed by atoms with Gasteiger partial charge in [0.1, 0.15) is 5.82 Å². The van der Waals surface area contributed by atoms with E-state index in [1.54, 1.807) is 23.6 Å². The maximum Gasteiger partial charge on any atom is 0.416 e. The van der Waals surface area contributed by atoms with E-state index in [1.807, 2.05) is 0 Å². The first-order valence-corrected chi connectivity index (χ1v) is 11.0. The van der Waals surface area contributed by atoms with Gasteiger partial charge in [-0.1, -0.05) is 0 Å². The molecule has 2 aliphatic rings. The Morgan fingerprint density at radius 2 is 1.94 bits per heavy atom. The van der Waals surface area contributed by atoms with Crippen LogP contribution in [0.25, 0.3) is 0 Å². The van der Waals surface area contributed by atoms with Crippen LogP contribution in [0.15, 0.2) is 18.2 Å². The number of nitrogens with zero attached hydrogens (tertiary/aromatic N) is 4. The molecule has 0 spiro atoms. The number of anilines is 2. The van der Waals surface area contributed by atoms with Crippen LogP contribution in [0.5, 0.6) is 6.01 Å². The zero-order chi connectivity index (χ0) is 24.5. The molecule has 2 aliphatic heterocycles. The van der Waals surface area contributed by atoms with Crippen molar-refractivity contribution in [2.75, 3.05) is 44.0 Å². The van der Waals surface area contributed by atoms with Crippen LogP contribution in [0.2, 0.25) is 0 Å². The largest absolute Gasteiger partial charge is 0.464 e. The molecule has 2 aromatic rings. The molecule has 0 radical (unpaired) electrons. The van der Waals surface area contributed by atoms with Gasteiger partial charge < -0.3 is 30.3 Å². The van der Waals surface area contributed by atoms with Crippen LogP contribution < -0.4 is 15.8 Å². The van der Waals surface area contributed by atoms with Crippen molar-refractivity contribution in [3.05, 3.63) is 40.6 Å². The number of hydrogen-bond acceptors (Lipinski definition) is 7. The molecule has 1 atom stereocenters. The number of carbonyl (C=O) groups excluding carboxylic acids is 1. The molecule has 0 bridgehead atoms. The maximum absolute atomic E-state index is 13.3. The van der Waals surface area contributed by atoms with Gasteiger partial charge in [0.05, 0.1) is 50.2 Å². The average Bonchev–Trinajstić information content (AvgIpc) is 3.23. The molecule has 2 amide bonds. The van der Waals surface area contributed by atoms with E-state index in [0.717, 1.165) is 12.1 Å². The van der Waals surface area contributed by atoms with Crippen molar-refractivity contribution in [2.45, 2.75) is 39.2 Å². The van der Waals surface area contributed by atoms with Crippen LogP contribution in [0.3, 0.4) is 0 Å². The Balaban J connectivity index is 1.60. The maximum atomic E-state index is 13.3. The second-order valence-corrected chi connectivity index (χ2v) is 8.20. The zero-order valence-corrected chi connectivity index (χ0v) is 19.0. The molecule has 1 aromatic heterocycles. The van der Waals surface area contributed by atoms with Crippen LogP contribution >= 0.6 is 0 Å². The number of amides is 2. The summed E-state index contributed by atoms with van der Waals surface area (Å²) in [5.74, 6) is 0.411. The molecule has 9 nitrogen and oxygen atoms in total. The van der Waals surface area contributed by atoms with Crippen molar-refractivity contribution >= 4 is 17.5 Å². The summed E-state index contributed by atoms with van der Waals surface area (Å²) in [5, 5.41) is 3.18. The number of urea groups is 1. The van der Waals surface area contributed by atoms with Crippen LogP contribution in [0.4, 0.5) is 29.5 Å². The van der Waals surface area contributed by atoms with E-state index in [-0.39, 0.29) is 30.8 Å². The third kappa shape index (κ3) is 5.11. The number of carbonyl (C=O) groups is 1. The van der Waals surface area contributed by atoms with E-state index in [0.29, 0.717) is 55.5 Å². The fraction of sp³-hybridized carbons (Fsp3) is 0.500. The number of nitrogens with two attached hydrogens (primary N) is 1. The van der Waals surface area contributed by atoms with Gasteiger partial charge in [0.15, 0.2) is 0 Å². The standard InChI is InChI=1S/C22H27F3N6O3/c1-3-34-20-28-18-12-31(21(32)30-4-6-33-7-5-30)11-17(18)19(29-20)27-13(2)14-8-15(22(23,24)25)10-16(26)9-14/h8-10,13H,3-7,11-12,26H2,1-2H3,(H,27,28,29)/t13-/m1/s1. The normalized spacial score (nSPS) is 16.9. The van der Waals surface area contributed by atoms with Gasteiger partial charge in [-0.2, -0.15) is 23.1 Å². The molecular weight excluding hydrogens is 453 g/mol. The monoisotopic (exact) mass is 480 g/mol. The molecule has 12 heteroatoms. The molecular formula is C22H27F3N6O3. The Morgan fingerprint density at radius 3 is 2.62 bits per heavy atom. The fourth-order valence-electron chi connectivity index (χ4n) is 4.01. The van der Waals surface area contributed by atoms with Crippen LogP contribution in [-0.2, 0) is 24.0 Å². The SMILES string of the molecule is CCOc1nc2c(c(N[C@H](C)c3cc(N)cc(C(F)(F)F)c3)n1)CN(C(=O)N1CCOCC1)C2. The van der Waals surface area contributed by atoms with Crippen molar-refractivity contribution < 1.29 is 27.4 Å². The quantitative estimate of drug-likeness (QED) is 0.632. The Labute approximate surface area is 195 Å². The zero-order valence-electron chi connectivity index (χ0n) is 19.0. The fourth-order valence-corrected chi connectivity index (χ4v) is 4.01. The third-order valence-corrected chi connectivity index (χ3v) is 5.75. The van der Waals surface area contributed by atoms with Crippen molar-refractivity contribution in [2.24, 2.45) is 0 Å². The number of aromatic nitrogens is 2. The number of nitrogen functional groups attached to an aromatic ring is 1. The summed E-state index contributed by atoms with van der Waals surface area (Å²) in [6, 6.07) is 2.92. The molecule has 1 fully saturated rings. The average molecular weight is 480 g/mol. The minimum Gasteiger partial charge on any atom is -0.464 e. The summed E-state index contributed by atoms with van der Waals surface area (Å²) in [7, 11) is 0. The Kier molecular flexibility index (Phi) is 6.69. The van der Waals surface area contributed by atoms with Gasteiger partial charge in [0.25, 0.3) is 0 Å². The first kappa shape index (κ1) is 23.9. The summed E-state index contributed by atoms with van der Waals surface area (Å²) >= 11 is 0. The molecule has 1 aromatic carbocycles. The summed E-state index contributed by atoms with van der Waals surface area (Å²) in [4.78, 5) is 25.2. The van der Waals surface area contributed by atoms with E-state index in [2.05, 4.69) is 15.3 Å². The lowest BCUT2D eigenvalue weighted by molar-refractivity contribution is -0.137. The topological polar surface area (TPSA) is 106 Å². The Morgan fingerprint density at radius 1 is 1.21 bits per heavy atom. The van der Waals surface area contributed by atoms with Crippen LogP contribution in [0, 0.1) is 0 Å². The van der Waals surface area contributed by atoms with Gasteiger partial charge in [-0.05, 0) is 37.6 Å². The number of rotatable bonds is 5. The van der Waals surface area contributed by atoms with E-state index >= 15 is 0 Å². The smallest absolute Gasteiger partial charge is 0.416 e. The number of ether oxygens (including phenoxy) is 2. The van der Waals surface area contributed by atoms with Crippen LogP contribution in [-0.4, -0.2) is 58.7 Å². The van der Waals surface area contributed by atoms with E-state index in [1.165, 1.54) is 6.07 Å². The lowest BCUT2D eigenvalue weighted by Gasteiger charge is -2.30. The number of halogens is 3. The highest BCUT2D eigenvalue weighted by molar-refractivity contribution is 5.76. The lowest BCUT2D eigenvalue weighted by Crippen LogP contribution is -2.46.